The van der Waals surface area contributed by atoms with E-state index in [1.165, 1.54) is 6.26 Å². The van der Waals surface area contributed by atoms with Crippen LogP contribution in [-0.2, 0) is 0 Å². The summed E-state index contributed by atoms with van der Waals surface area (Å²) in [4.78, 5) is 0. The SMILES string of the molecule is Fc1c(Nc2ccccc2)n[nH]c1-c1ccco1. The summed E-state index contributed by atoms with van der Waals surface area (Å²) in [6, 6.07) is 12.6. The average molecular weight is 243 g/mol. The number of aromatic nitrogens is 2. The van der Waals surface area contributed by atoms with E-state index in [1.54, 1.807) is 12.1 Å². The summed E-state index contributed by atoms with van der Waals surface area (Å²) < 4.78 is 19.2. The molecular weight excluding hydrogens is 233 g/mol. The summed E-state index contributed by atoms with van der Waals surface area (Å²) >= 11 is 0. The minimum absolute atomic E-state index is 0.146. The Morgan fingerprint density at radius 3 is 2.67 bits per heavy atom. The molecule has 0 aliphatic rings. The Balaban J connectivity index is 1.91. The van der Waals surface area contributed by atoms with Gasteiger partial charge in [0.25, 0.3) is 0 Å². The predicted molar refractivity (Wildman–Crippen MR) is 66.0 cm³/mol. The van der Waals surface area contributed by atoms with Gasteiger partial charge in [-0.2, -0.15) is 5.10 Å². The van der Waals surface area contributed by atoms with E-state index < -0.39 is 5.82 Å². The number of anilines is 2. The summed E-state index contributed by atoms with van der Waals surface area (Å²) in [5.74, 6) is 0.0996. The zero-order valence-electron chi connectivity index (χ0n) is 9.35. The minimum Gasteiger partial charge on any atom is -0.463 e. The van der Waals surface area contributed by atoms with Gasteiger partial charge in [-0.1, -0.05) is 18.2 Å². The fourth-order valence-corrected chi connectivity index (χ4v) is 1.65. The first-order valence-electron chi connectivity index (χ1n) is 5.44. The normalized spacial score (nSPS) is 10.5. The molecule has 90 valence electrons. The van der Waals surface area contributed by atoms with Crippen LogP contribution in [-0.4, -0.2) is 10.2 Å². The molecule has 2 N–H and O–H groups in total. The molecule has 0 amide bonds. The number of halogens is 1. The molecule has 1 aromatic carbocycles. The van der Waals surface area contributed by atoms with Gasteiger partial charge in [0.15, 0.2) is 17.4 Å². The van der Waals surface area contributed by atoms with Crippen LogP contribution in [0.3, 0.4) is 0 Å². The van der Waals surface area contributed by atoms with Crippen molar-refractivity contribution in [1.29, 1.82) is 0 Å². The Kier molecular flexibility index (Phi) is 2.57. The highest BCUT2D eigenvalue weighted by atomic mass is 19.1. The molecule has 0 fully saturated rings. The number of hydrogen-bond acceptors (Lipinski definition) is 3. The number of hydrogen-bond donors (Lipinski definition) is 2. The van der Waals surface area contributed by atoms with Gasteiger partial charge in [-0.05, 0) is 24.3 Å². The second-order valence-corrected chi connectivity index (χ2v) is 3.73. The molecule has 18 heavy (non-hydrogen) atoms. The molecule has 0 unspecified atom stereocenters. The lowest BCUT2D eigenvalue weighted by molar-refractivity contribution is 0.568. The van der Waals surface area contributed by atoms with Crippen molar-refractivity contribution in [2.45, 2.75) is 0 Å². The molecule has 3 aromatic rings. The van der Waals surface area contributed by atoms with Crippen LogP contribution in [0.5, 0.6) is 0 Å². The number of H-pyrrole nitrogens is 1. The summed E-state index contributed by atoms with van der Waals surface area (Å²) in [6.07, 6.45) is 1.49. The number of furan rings is 1. The van der Waals surface area contributed by atoms with Gasteiger partial charge in [0.2, 0.25) is 0 Å². The first-order valence-corrected chi connectivity index (χ1v) is 5.44. The molecule has 2 aromatic heterocycles. The Bertz CT molecular complexity index is 632. The second-order valence-electron chi connectivity index (χ2n) is 3.73. The van der Waals surface area contributed by atoms with Crippen molar-refractivity contribution >= 4 is 11.5 Å². The van der Waals surface area contributed by atoms with Gasteiger partial charge in [0.1, 0.15) is 5.69 Å². The van der Waals surface area contributed by atoms with Crippen molar-refractivity contribution in [3.05, 3.63) is 54.5 Å². The molecular formula is C13H10FN3O. The lowest BCUT2D eigenvalue weighted by atomic mass is 10.3. The molecule has 0 spiro atoms. The zero-order chi connectivity index (χ0) is 12.4. The molecule has 0 saturated heterocycles. The standard InChI is InChI=1S/C13H10FN3O/c14-11-12(10-7-4-8-18-10)16-17-13(11)15-9-5-2-1-3-6-9/h1-8H,(H2,15,16,17). The van der Waals surface area contributed by atoms with E-state index in [0.717, 1.165) is 5.69 Å². The Morgan fingerprint density at radius 1 is 1.11 bits per heavy atom. The molecule has 5 heteroatoms. The summed E-state index contributed by atoms with van der Waals surface area (Å²) in [6.45, 7) is 0. The van der Waals surface area contributed by atoms with E-state index in [2.05, 4.69) is 15.5 Å². The van der Waals surface area contributed by atoms with Crippen LogP contribution < -0.4 is 5.32 Å². The monoisotopic (exact) mass is 243 g/mol. The zero-order valence-corrected chi connectivity index (χ0v) is 9.35. The van der Waals surface area contributed by atoms with E-state index in [-0.39, 0.29) is 11.5 Å². The number of aromatic amines is 1. The van der Waals surface area contributed by atoms with Crippen molar-refractivity contribution in [2.75, 3.05) is 5.32 Å². The number of nitrogens with zero attached hydrogens (tertiary/aromatic N) is 1. The van der Waals surface area contributed by atoms with Crippen LogP contribution in [0.15, 0.2) is 53.1 Å². The van der Waals surface area contributed by atoms with Crippen LogP contribution in [0.25, 0.3) is 11.5 Å². The largest absolute Gasteiger partial charge is 0.463 e. The third kappa shape index (κ3) is 1.86. The highest BCUT2D eigenvalue weighted by Gasteiger charge is 2.16. The number of benzene rings is 1. The lowest BCUT2D eigenvalue weighted by Crippen LogP contribution is -1.92. The molecule has 0 saturated carbocycles. The van der Waals surface area contributed by atoms with E-state index in [9.17, 15) is 4.39 Å². The van der Waals surface area contributed by atoms with Gasteiger partial charge in [0, 0.05) is 5.69 Å². The molecule has 0 aliphatic heterocycles. The van der Waals surface area contributed by atoms with E-state index in [1.807, 2.05) is 30.3 Å². The van der Waals surface area contributed by atoms with Crippen LogP contribution in [0, 0.1) is 5.82 Å². The van der Waals surface area contributed by atoms with Gasteiger partial charge in [-0.25, -0.2) is 4.39 Å². The summed E-state index contributed by atoms with van der Waals surface area (Å²) in [7, 11) is 0. The Morgan fingerprint density at radius 2 is 1.94 bits per heavy atom. The summed E-state index contributed by atoms with van der Waals surface area (Å²) in [5.41, 5.74) is 1.01. The number of nitrogens with one attached hydrogen (secondary N) is 2. The van der Waals surface area contributed by atoms with Crippen LogP contribution in [0.4, 0.5) is 15.9 Å². The molecule has 0 aliphatic carbocycles. The second kappa shape index (κ2) is 4.37. The quantitative estimate of drug-likeness (QED) is 0.739. The molecule has 4 nitrogen and oxygen atoms in total. The minimum atomic E-state index is -0.464. The lowest BCUT2D eigenvalue weighted by Gasteiger charge is -2.01. The van der Waals surface area contributed by atoms with Gasteiger partial charge in [-0.3, -0.25) is 5.10 Å². The van der Waals surface area contributed by atoms with E-state index in [4.69, 9.17) is 4.42 Å². The van der Waals surface area contributed by atoms with Gasteiger partial charge in [0.05, 0.1) is 6.26 Å². The first kappa shape index (κ1) is 10.6. The topological polar surface area (TPSA) is 53.9 Å². The molecule has 3 rings (SSSR count). The molecule has 0 bridgehead atoms. The van der Waals surface area contributed by atoms with Crippen LogP contribution in [0.1, 0.15) is 0 Å². The fraction of sp³-hybridized carbons (Fsp3) is 0. The molecule has 0 radical (unpaired) electrons. The third-order valence-corrected chi connectivity index (χ3v) is 2.51. The molecule has 0 atom stereocenters. The van der Waals surface area contributed by atoms with E-state index >= 15 is 0 Å². The maximum absolute atomic E-state index is 14.1. The smallest absolute Gasteiger partial charge is 0.196 e. The number of rotatable bonds is 3. The fourth-order valence-electron chi connectivity index (χ4n) is 1.65. The Hall–Kier alpha value is -2.56. The molecule has 2 heterocycles. The highest BCUT2D eigenvalue weighted by molar-refractivity contribution is 5.63. The van der Waals surface area contributed by atoms with Crippen molar-refractivity contribution in [2.24, 2.45) is 0 Å². The predicted octanol–water partition coefficient (Wildman–Crippen LogP) is 3.55. The number of para-hydroxylation sites is 1. The first-order chi connectivity index (χ1) is 8.84. The maximum Gasteiger partial charge on any atom is 0.196 e. The van der Waals surface area contributed by atoms with Gasteiger partial charge < -0.3 is 9.73 Å². The van der Waals surface area contributed by atoms with Gasteiger partial charge in [-0.15, -0.1) is 0 Å². The maximum atomic E-state index is 14.1. The average Bonchev–Trinajstić information content (AvgIpc) is 3.02. The van der Waals surface area contributed by atoms with Crippen molar-refractivity contribution < 1.29 is 8.81 Å². The van der Waals surface area contributed by atoms with E-state index in [0.29, 0.717) is 5.76 Å². The van der Waals surface area contributed by atoms with Gasteiger partial charge >= 0.3 is 0 Å². The van der Waals surface area contributed by atoms with Crippen molar-refractivity contribution in [3.8, 4) is 11.5 Å². The Labute approximate surface area is 102 Å². The highest BCUT2D eigenvalue weighted by Crippen LogP contribution is 2.26. The van der Waals surface area contributed by atoms with Crippen LogP contribution >= 0.6 is 0 Å². The third-order valence-electron chi connectivity index (χ3n) is 2.51. The van der Waals surface area contributed by atoms with Crippen molar-refractivity contribution in [1.82, 2.24) is 10.2 Å². The van der Waals surface area contributed by atoms with Crippen molar-refractivity contribution in [3.63, 3.8) is 0 Å². The summed E-state index contributed by atoms with van der Waals surface area (Å²) in [5, 5.41) is 9.41. The van der Waals surface area contributed by atoms with Crippen LogP contribution in [0.2, 0.25) is 0 Å².